The van der Waals surface area contributed by atoms with Gasteiger partial charge in [0.1, 0.15) is 0 Å². The van der Waals surface area contributed by atoms with Crippen LogP contribution in [0.2, 0.25) is 0 Å². The molecule has 0 amide bonds. The molecule has 1 fully saturated rings. The fourth-order valence-corrected chi connectivity index (χ4v) is 2.27. The van der Waals surface area contributed by atoms with Crippen molar-refractivity contribution >= 4 is 0 Å². The van der Waals surface area contributed by atoms with E-state index in [1.165, 1.54) is 12.8 Å². The van der Waals surface area contributed by atoms with Gasteiger partial charge in [0.25, 0.3) is 0 Å². The number of nitrogens with zero attached hydrogens (tertiary/aromatic N) is 1. The Morgan fingerprint density at radius 1 is 1.47 bits per heavy atom. The highest BCUT2D eigenvalue weighted by Crippen LogP contribution is 2.27. The Morgan fingerprint density at radius 3 is 2.73 bits per heavy atom. The first-order valence-electron chi connectivity index (χ1n) is 6.20. The van der Waals surface area contributed by atoms with Crippen LogP contribution in [0.5, 0.6) is 0 Å². The van der Waals surface area contributed by atoms with E-state index in [0.29, 0.717) is 0 Å². The average Bonchev–Trinajstić information content (AvgIpc) is 2.46. The van der Waals surface area contributed by atoms with Gasteiger partial charge in [-0.25, -0.2) is 0 Å². The number of β-amino-alcohol motifs (C(OH)–C–C–N with tert-alkyl or cyclic N) is 1. The molecule has 1 atom stereocenters. The summed E-state index contributed by atoms with van der Waals surface area (Å²) in [6.07, 6.45) is 3.42. The van der Waals surface area contributed by atoms with Crippen LogP contribution in [-0.4, -0.2) is 47.8 Å². The third kappa shape index (κ3) is 4.09. The summed E-state index contributed by atoms with van der Waals surface area (Å²) < 4.78 is 0. The molecule has 0 spiro atoms. The van der Waals surface area contributed by atoms with E-state index in [1.54, 1.807) is 0 Å². The number of aliphatic hydroxyl groups excluding tert-OH is 1. The Labute approximate surface area is 93.9 Å². The highest BCUT2D eigenvalue weighted by molar-refractivity contribution is 4.88. The predicted octanol–water partition coefficient (Wildman–Crippen LogP) is 1.22. The normalized spacial score (nSPS) is 23.2. The highest BCUT2D eigenvalue weighted by Gasteiger charge is 2.32. The van der Waals surface area contributed by atoms with E-state index in [2.05, 4.69) is 31.0 Å². The van der Waals surface area contributed by atoms with Crippen LogP contribution in [0.15, 0.2) is 0 Å². The van der Waals surface area contributed by atoms with E-state index in [1.807, 2.05) is 0 Å². The molecule has 1 heterocycles. The van der Waals surface area contributed by atoms with Crippen LogP contribution < -0.4 is 5.32 Å². The maximum absolute atomic E-state index is 9.86. The van der Waals surface area contributed by atoms with Crippen LogP contribution in [0.25, 0.3) is 0 Å². The van der Waals surface area contributed by atoms with E-state index in [4.69, 9.17) is 0 Å². The fourth-order valence-electron chi connectivity index (χ4n) is 2.27. The molecule has 1 aliphatic rings. The highest BCUT2D eigenvalue weighted by atomic mass is 16.3. The zero-order valence-electron chi connectivity index (χ0n) is 10.4. The Balaban J connectivity index is 2.22. The van der Waals surface area contributed by atoms with E-state index in [0.717, 1.165) is 32.6 Å². The first-order chi connectivity index (χ1) is 7.06. The lowest BCUT2D eigenvalue weighted by Crippen LogP contribution is -2.45. The topological polar surface area (TPSA) is 35.5 Å². The molecule has 1 unspecified atom stereocenters. The van der Waals surface area contributed by atoms with Crippen molar-refractivity contribution in [3.8, 4) is 0 Å². The van der Waals surface area contributed by atoms with Crippen LogP contribution in [0, 0.1) is 0 Å². The first-order valence-corrected chi connectivity index (χ1v) is 6.20. The number of hydrogen-bond acceptors (Lipinski definition) is 3. The van der Waals surface area contributed by atoms with Gasteiger partial charge in [0.15, 0.2) is 0 Å². The second-order valence-electron chi connectivity index (χ2n) is 5.22. The van der Waals surface area contributed by atoms with Gasteiger partial charge in [-0.1, -0.05) is 6.92 Å². The molecule has 1 aliphatic heterocycles. The predicted molar refractivity (Wildman–Crippen MR) is 64.1 cm³/mol. The molecule has 0 aliphatic carbocycles. The lowest BCUT2D eigenvalue weighted by atomic mass is 10.0. The molecular formula is C12H26N2O. The van der Waals surface area contributed by atoms with Crippen molar-refractivity contribution in [2.75, 3.05) is 26.2 Å². The molecule has 2 N–H and O–H groups in total. The van der Waals surface area contributed by atoms with Crippen molar-refractivity contribution in [1.82, 2.24) is 10.2 Å². The van der Waals surface area contributed by atoms with Crippen LogP contribution in [0.1, 0.15) is 40.0 Å². The van der Waals surface area contributed by atoms with Gasteiger partial charge in [0, 0.05) is 18.6 Å². The Bertz CT molecular complexity index is 182. The summed E-state index contributed by atoms with van der Waals surface area (Å²) in [6.45, 7) is 10.4. The molecule has 0 saturated carbocycles. The van der Waals surface area contributed by atoms with Crippen LogP contribution in [0.4, 0.5) is 0 Å². The van der Waals surface area contributed by atoms with Crippen molar-refractivity contribution < 1.29 is 5.11 Å². The summed E-state index contributed by atoms with van der Waals surface area (Å²) in [5.74, 6) is 0. The van der Waals surface area contributed by atoms with Gasteiger partial charge in [0.05, 0.1) is 6.10 Å². The Kier molecular flexibility index (Phi) is 5.03. The minimum absolute atomic E-state index is 0.228. The smallest absolute Gasteiger partial charge is 0.0791 e. The van der Waals surface area contributed by atoms with Gasteiger partial charge in [-0.2, -0.15) is 0 Å². The standard InChI is InChI=1S/C12H26N2O/c1-4-7-13-9-11(15)10-14-8-5-6-12(14,2)3/h11,13,15H,4-10H2,1-3H3. The van der Waals surface area contributed by atoms with E-state index in [-0.39, 0.29) is 11.6 Å². The summed E-state index contributed by atoms with van der Waals surface area (Å²) in [5.41, 5.74) is 0.283. The van der Waals surface area contributed by atoms with Crippen molar-refractivity contribution in [2.45, 2.75) is 51.7 Å². The minimum Gasteiger partial charge on any atom is -0.390 e. The van der Waals surface area contributed by atoms with Gasteiger partial charge >= 0.3 is 0 Å². The summed E-state index contributed by atoms with van der Waals surface area (Å²) >= 11 is 0. The number of aliphatic hydroxyl groups is 1. The zero-order valence-corrected chi connectivity index (χ0v) is 10.4. The molecule has 0 radical (unpaired) electrons. The van der Waals surface area contributed by atoms with Crippen molar-refractivity contribution in [1.29, 1.82) is 0 Å². The van der Waals surface area contributed by atoms with E-state index < -0.39 is 0 Å². The van der Waals surface area contributed by atoms with Gasteiger partial charge < -0.3 is 10.4 Å². The maximum Gasteiger partial charge on any atom is 0.0791 e. The monoisotopic (exact) mass is 214 g/mol. The number of hydrogen-bond donors (Lipinski definition) is 2. The molecule has 0 bridgehead atoms. The number of rotatable bonds is 6. The van der Waals surface area contributed by atoms with Crippen molar-refractivity contribution in [2.24, 2.45) is 0 Å². The Morgan fingerprint density at radius 2 is 2.20 bits per heavy atom. The van der Waals surface area contributed by atoms with Crippen LogP contribution in [-0.2, 0) is 0 Å². The number of likely N-dealkylation sites (tertiary alicyclic amines) is 1. The quantitative estimate of drug-likeness (QED) is 0.653. The largest absolute Gasteiger partial charge is 0.390 e. The van der Waals surface area contributed by atoms with E-state index >= 15 is 0 Å². The second-order valence-corrected chi connectivity index (χ2v) is 5.22. The SMILES string of the molecule is CCCNCC(O)CN1CCCC1(C)C. The summed E-state index contributed by atoms with van der Waals surface area (Å²) in [6, 6.07) is 0. The molecule has 3 nitrogen and oxygen atoms in total. The third-order valence-electron chi connectivity index (χ3n) is 3.31. The molecule has 0 aromatic rings. The summed E-state index contributed by atoms with van der Waals surface area (Å²) in [7, 11) is 0. The molecule has 1 saturated heterocycles. The molecule has 0 aromatic carbocycles. The molecule has 90 valence electrons. The Hall–Kier alpha value is -0.120. The van der Waals surface area contributed by atoms with E-state index in [9.17, 15) is 5.11 Å². The molecule has 15 heavy (non-hydrogen) atoms. The van der Waals surface area contributed by atoms with Gasteiger partial charge in [-0.15, -0.1) is 0 Å². The maximum atomic E-state index is 9.86. The molecule has 3 heteroatoms. The summed E-state index contributed by atoms with van der Waals surface area (Å²) in [5, 5.41) is 13.1. The van der Waals surface area contributed by atoms with Gasteiger partial charge in [0.2, 0.25) is 0 Å². The molecule has 1 rings (SSSR count). The van der Waals surface area contributed by atoms with Crippen LogP contribution in [0.3, 0.4) is 0 Å². The zero-order chi connectivity index (χ0) is 11.3. The van der Waals surface area contributed by atoms with Gasteiger partial charge in [-0.3, -0.25) is 4.90 Å². The lowest BCUT2D eigenvalue weighted by molar-refractivity contribution is 0.0777. The lowest BCUT2D eigenvalue weighted by Gasteiger charge is -2.33. The second kappa shape index (κ2) is 5.83. The fraction of sp³-hybridized carbons (Fsp3) is 1.00. The average molecular weight is 214 g/mol. The van der Waals surface area contributed by atoms with Gasteiger partial charge in [-0.05, 0) is 46.2 Å². The number of nitrogens with one attached hydrogen (secondary N) is 1. The van der Waals surface area contributed by atoms with Crippen molar-refractivity contribution in [3.05, 3.63) is 0 Å². The summed E-state index contributed by atoms with van der Waals surface area (Å²) in [4.78, 5) is 2.41. The van der Waals surface area contributed by atoms with Crippen molar-refractivity contribution in [3.63, 3.8) is 0 Å². The minimum atomic E-state index is -0.228. The van der Waals surface area contributed by atoms with Crippen LogP contribution >= 0.6 is 0 Å². The molecular weight excluding hydrogens is 188 g/mol. The first kappa shape index (κ1) is 12.9. The molecule has 0 aromatic heterocycles. The third-order valence-corrected chi connectivity index (χ3v) is 3.31.